The van der Waals surface area contributed by atoms with Crippen molar-refractivity contribution in [1.82, 2.24) is 0 Å². The summed E-state index contributed by atoms with van der Waals surface area (Å²) in [6, 6.07) is 0. The van der Waals surface area contributed by atoms with Crippen LogP contribution in [0.3, 0.4) is 0 Å². The maximum absolute atomic E-state index is 10.9. The molecule has 6 N–H and O–H groups in total. The van der Waals surface area contributed by atoms with Crippen molar-refractivity contribution >= 4 is 12.1 Å². The quantitative estimate of drug-likeness (QED) is 0.0875. The Labute approximate surface area is 610 Å². The molecule has 27 atom stereocenters. The number of aliphatic hydroxyl groups is 6. The second-order valence-corrected chi connectivity index (χ2v) is 38.3. The topological polar surface area (TPSA) is 149 Å². The van der Waals surface area contributed by atoms with Crippen LogP contribution in [0.25, 0.3) is 0 Å². The van der Waals surface area contributed by atoms with E-state index in [9.17, 15) is 34.5 Å². The molecule has 99 heavy (non-hydrogen) atoms. The van der Waals surface area contributed by atoms with E-state index in [2.05, 4.69) is 80.5 Å². The molecule has 0 aromatic heterocycles. The Morgan fingerprint density at radius 3 is 0.889 bits per heavy atom. The second kappa shape index (κ2) is 32.9. The lowest BCUT2D eigenvalue weighted by atomic mass is 9.50. The fraction of sp³-hybridized carbons (Fsp3) is 0.932. The Hall–Kier alpha value is -0.860. The van der Waals surface area contributed by atoms with Gasteiger partial charge in [-0.05, 0) is 335 Å². The van der Waals surface area contributed by atoms with Crippen molar-refractivity contribution in [2.24, 2.45) is 123 Å². The fourth-order valence-electron chi connectivity index (χ4n) is 27.4. The van der Waals surface area contributed by atoms with Crippen molar-refractivity contribution in [3.63, 3.8) is 0 Å². The Morgan fingerprint density at radius 1 is 0.394 bits per heavy atom. The lowest BCUT2D eigenvalue weighted by Crippen LogP contribution is -2.48. The maximum Gasteiger partial charge on any atom is 0.0902 e. The monoisotopic (exact) mass is 1410 g/mol. The van der Waals surface area contributed by atoms with E-state index in [0.29, 0.717) is 53.8 Å². The predicted octanol–water partition coefficient (Wildman–Crippen LogP) is 20.8. The summed E-state index contributed by atoms with van der Waals surface area (Å²) in [5, 5.41) is 64.9. The molecule has 12 fully saturated rings. The molecule has 3 aliphatic heterocycles. The third-order valence-electron chi connectivity index (χ3n) is 33.5. The highest BCUT2D eigenvalue weighted by Crippen LogP contribution is 2.69. The molecule has 0 radical (unpaired) electrons. The van der Waals surface area contributed by atoms with Gasteiger partial charge in [0.2, 0.25) is 0 Å². The minimum atomic E-state index is -0.559. The van der Waals surface area contributed by atoms with Gasteiger partial charge in [-0.25, -0.2) is 0 Å². The van der Waals surface area contributed by atoms with E-state index in [1.54, 1.807) is 16.7 Å². The van der Waals surface area contributed by atoms with Crippen molar-refractivity contribution in [2.45, 2.75) is 349 Å². The number of rotatable bonds is 15. The molecule has 3 saturated heterocycles. The van der Waals surface area contributed by atoms with Crippen LogP contribution in [-0.4, -0.2) is 110 Å². The molecule has 3 heterocycles. The number of hydrogen-bond acceptors (Lipinski definition) is 10. The van der Waals surface area contributed by atoms with Gasteiger partial charge in [-0.15, -0.1) is 0 Å². The molecule has 11 heteroatoms. The van der Waals surface area contributed by atoms with Crippen LogP contribution in [0.5, 0.6) is 0 Å². The van der Waals surface area contributed by atoms with Gasteiger partial charge in [-0.3, -0.25) is 0 Å². The lowest BCUT2D eigenvalue weighted by Gasteiger charge is -2.55. The predicted molar refractivity (Wildman–Crippen MR) is 409 cm³/mol. The molecule has 0 spiro atoms. The van der Waals surface area contributed by atoms with E-state index < -0.39 is 33.6 Å². The largest absolute Gasteiger partial charge is 0.390 e. The van der Waals surface area contributed by atoms with Crippen LogP contribution < -0.4 is 0 Å². The summed E-state index contributed by atoms with van der Waals surface area (Å²) in [7, 11) is 0. The normalized spacial score (nSPS) is 47.5. The van der Waals surface area contributed by atoms with Gasteiger partial charge in [0.1, 0.15) is 0 Å². The minimum absolute atomic E-state index is 0. The second-order valence-electron chi connectivity index (χ2n) is 38.0. The summed E-state index contributed by atoms with van der Waals surface area (Å²) in [5.74, 6) is 14.6. The van der Waals surface area contributed by atoms with E-state index in [1.165, 1.54) is 122 Å². The Balaban J connectivity index is 0.000000167. The van der Waals surface area contributed by atoms with Crippen molar-refractivity contribution in [3.8, 4) is 0 Å². The summed E-state index contributed by atoms with van der Waals surface area (Å²) in [5.41, 5.74) is 3.31. The highest BCUT2D eigenvalue weighted by atomic mass is 32.2. The third kappa shape index (κ3) is 16.6. The maximum atomic E-state index is 10.9. The fourth-order valence-corrected chi connectivity index (χ4v) is 27.4. The minimum Gasteiger partial charge on any atom is -0.390 e. The van der Waals surface area contributed by atoms with Crippen molar-refractivity contribution < 1.29 is 48.7 Å². The van der Waals surface area contributed by atoms with Crippen LogP contribution in [0.4, 0.5) is 3.89 Å². The lowest BCUT2D eigenvalue weighted by molar-refractivity contribution is -0.0482. The first-order valence-corrected chi connectivity index (χ1v) is 42.1. The molecule has 1 unspecified atom stereocenters. The van der Waals surface area contributed by atoms with Crippen molar-refractivity contribution in [3.05, 3.63) is 34.9 Å². The van der Waals surface area contributed by atoms with E-state index in [1.807, 2.05) is 0 Å². The molecule has 0 amide bonds. The summed E-state index contributed by atoms with van der Waals surface area (Å²) in [6.07, 6.45) is 50.4. The van der Waals surface area contributed by atoms with Gasteiger partial charge in [0.15, 0.2) is 0 Å². The molecule has 15 aliphatic rings. The zero-order valence-electron chi connectivity index (χ0n) is 62.5. The van der Waals surface area contributed by atoms with Gasteiger partial charge in [0.05, 0.1) is 53.4 Å². The van der Waals surface area contributed by atoms with Gasteiger partial charge in [-0.1, -0.05) is 120 Å². The zero-order valence-corrected chi connectivity index (χ0v) is 63.3. The van der Waals surface area contributed by atoms with Crippen LogP contribution in [-0.2, 0) is 14.2 Å². The number of hydrogen-bond donors (Lipinski definition) is 6. The third-order valence-corrected chi connectivity index (χ3v) is 33.5. The van der Waals surface area contributed by atoms with Crippen LogP contribution in [0.2, 0.25) is 0 Å². The number of halogens is 1. The van der Waals surface area contributed by atoms with Crippen molar-refractivity contribution in [1.29, 1.82) is 0 Å². The molecular weight excluding hydrogens is 1250 g/mol. The first kappa shape index (κ1) is 82.2. The van der Waals surface area contributed by atoms with Gasteiger partial charge in [-0.2, -0.15) is 3.89 Å². The number of fused-ring (bicyclic) bond motifs is 15. The van der Waals surface area contributed by atoms with Crippen LogP contribution in [0.1, 0.15) is 316 Å². The smallest absolute Gasteiger partial charge is 0.0902 e. The summed E-state index contributed by atoms with van der Waals surface area (Å²) < 4.78 is 26.6. The summed E-state index contributed by atoms with van der Waals surface area (Å²) in [6.45, 7) is 25.5. The van der Waals surface area contributed by atoms with Crippen LogP contribution in [0, 0.1) is 123 Å². The van der Waals surface area contributed by atoms with Gasteiger partial charge < -0.3 is 44.8 Å². The first-order chi connectivity index (χ1) is 45.7. The van der Waals surface area contributed by atoms with E-state index >= 15 is 0 Å². The van der Waals surface area contributed by atoms with Gasteiger partial charge >= 0.3 is 0 Å². The molecule has 9 saturated carbocycles. The van der Waals surface area contributed by atoms with E-state index in [4.69, 9.17) is 14.2 Å². The Kier molecular flexibility index (Phi) is 27.3. The highest BCUT2D eigenvalue weighted by Gasteiger charge is 2.61. The first-order valence-electron chi connectivity index (χ1n) is 41.0. The number of ether oxygens (including phenoxy) is 3. The molecule has 12 aliphatic carbocycles. The van der Waals surface area contributed by atoms with Crippen molar-refractivity contribution in [2.75, 3.05) is 45.9 Å². The van der Waals surface area contributed by atoms with Crippen LogP contribution >= 0.6 is 12.1 Å². The zero-order chi connectivity index (χ0) is 68.3. The highest BCUT2D eigenvalue weighted by molar-refractivity contribution is 7.93. The van der Waals surface area contributed by atoms with Gasteiger partial charge in [0.25, 0.3) is 0 Å². The average Bonchev–Trinajstić information content (AvgIpc) is 1.47. The Morgan fingerprint density at radius 2 is 0.657 bits per heavy atom. The molecular formula is C88H153FO9S. The molecule has 572 valence electrons. The van der Waals surface area contributed by atoms with E-state index in [0.717, 1.165) is 224 Å². The molecule has 15 rings (SSSR count). The molecule has 0 aromatic rings. The Bertz CT molecular complexity index is 2400. The molecule has 9 nitrogen and oxygen atoms in total. The standard InChI is InChI=1S/3C28H46O3.CH3FS.3CH4/c3*1-4-27(29)14-11-21-20(17-27)5-6-23-22(21)10-12-26(3)24(7-8-25(23)26)19(2)9-13-28(30)15-16-31-18-28;1-3-2;;;/h3*5,19,21-25,29-30H,4,6-18H2,1-3H3;1H3;3*1H4/t19-,21+,22-,23-,24-,25+,26-,27+,28?;19-,21+,22-,23-,24-,25+,26-,27+,28+;19-,21+,22-,23-,24-,25+,26-,27+,28-;;;;/m111..../s1. The summed E-state index contributed by atoms with van der Waals surface area (Å²) >= 11 is 0.250. The van der Waals surface area contributed by atoms with Crippen LogP contribution in [0.15, 0.2) is 34.9 Å². The average molecular weight is 1410 g/mol. The van der Waals surface area contributed by atoms with Gasteiger partial charge in [0, 0.05) is 57.5 Å². The molecule has 0 aromatic carbocycles. The van der Waals surface area contributed by atoms with E-state index in [-0.39, 0.29) is 34.4 Å². The summed E-state index contributed by atoms with van der Waals surface area (Å²) in [4.78, 5) is 0. The SMILES string of the molecule is C.C.C.CC[C@]1(O)CC[C@H]2C(=CC[C@@H]3[C@@H]2CC[C@]2(C)[C@@H]([C@H](C)CCC4(O)CCOC4)CC[C@@H]32)C1.CC[C@]1(O)CC[C@H]2C(=CC[C@@H]3[C@@H]2CC[C@]2(C)[C@@H]([C@H](C)CC[C@@]4(O)CCOC4)CC[C@@H]32)C1.CC[C@]1(O)CC[C@H]2C(=CC[C@@H]3[C@@H]2CC[C@]2(C)[C@@H]([C@H](C)CC[C@]4(O)CCOC4)CC[C@@H]32)C1.CSF. The number of allylic oxidation sites excluding steroid dienone is 3. The molecule has 0 bridgehead atoms.